The summed E-state index contributed by atoms with van der Waals surface area (Å²) in [5.74, 6) is 0. The van der Waals surface area contributed by atoms with Gasteiger partial charge in [-0.3, -0.25) is 4.79 Å². The van der Waals surface area contributed by atoms with Crippen molar-refractivity contribution in [2.45, 2.75) is 84.7 Å². The molecule has 0 aromatic heterocycles. The van der Waals surface area contributed by atoms with Crippen LogP contribution in [0.15, 0.2) is 0 Å². The first-order chi connectivity index (χ1) is 10.6. The van der Waals surface area contributed by atoms with Crippen molar-refractivity contribution in [1.82, 2.24) is 9.80 Å². The lowest BCUT2D eigenvalue weighted by atomic mass is 9.89. The molecule has 3 amide bonds. The summed E-state index contributed by atoms with van der Waals surface area (Å²) < 4.78 is 4.52. The number of ether oxygens (including phenoxy) is 1. The van der Waals surface area contributed by atoms with Crippen molar-refractivity contribution in [2.75, 3.05) is 7.05 Å². The smallest absolute Gasteiger partial charge is 0.378 e. The number of amides is 3. The Balaban J connectivity index is 5.81. The molecule has 0 fully saturated rings. The second kappa shape index (κ2) is 8.89. The van der Waals surface area contributed by atoms with Crippen molar-refractivity contribution in [2.24, 2.45) is 0 Å². The molecule has 0 aromatic carbocycles. The van der Waals surface area contributed by atoms with E-state index in [0.29, 0.717) is 12.8 Å². The van der Waals surface area contributed by atoms with Crippen molar-refractivity contribution in [3.05, 3.63) is 0 Å². The highest BCUT2D eigenvalue weighted by atomic mass is 16.6. The Morgan fingerprint density at radius 2 is 1.52 bits per heavy atom. The molecule has 0 atom stereocenters. The Morgan fingerprint density at radius 1 is 1.04 bits per heavy atom. The van der Waals surface area contributed by atoms with Gasteiger partial charge in [0.25, 0.3) is 0 Å². The van der Waals surface area contributed by atoms with Gasteiger partial charge in [-0.1, -0.05) is 33.6 Å². The molecule has 0 unspecified atom stereocenters. The lowest BCUT2D eigenvalue weighted by molar-refractivity contribution is -0.124. The Bertz CT molecular complexity index is 415. The molecule has 0 spiro atoms. The number of rotatable bonds is 8. The minimum absolute atomic E-state index is 0.0753. The number of hydrogen-bond donors (Lipinski definition) is 0. The summed E-state index contributed by atoms with van der Waals surface area (Å²) in [6.07, 6.45) is 2.77. The summed E-state index contributed by atoms with van der Waals surface area (Å²) >= 11 is 0. The van der Waals surface area contributed by atoms with Crippen molar-refractivity contribution in [3.8, 4) is 0 Å². The van der Waals surface area contributed by atoms with Crippen LogP contribution in [0.2, 0.25) is 0 Å². The van der Waals surface area contributed by atoms with E-state index in [2.05, 4.69) is 4.74 Å². The van der Waals surface area contributed by atoms with E-state index in [1.165, 1.54) is 0 Å². The van der Waals surface area contributed by atoms with Crippen LogP contribution in [0, 0.1) is 0 Å². The molecule has 0 aliphatic rings. The summed E-state index contributed by atoms with van der Waals surface area (Å²) in [5.41, 5.74) is -1.09. The van der Waals surface area contributed by atoms with Gasteiger partial charge in [-0.25, -0.2) is 14.5 Å². The van der Waals surface area contributed by atoms with Crippen LogP contribution in [0.1, 0.15) is 73.6 Å². The predicted molar refractivity (Wildman–Crippen MR) is 90.1 cm³/mol. The molecule has 0 saturated carbocycles. The summed E-state index contributed by atoms with van der Waals surface area (Å²) in [5, 5.41) is 0. The summed E-state index contributed by atoms with van der Waals surface area (Å²) in [6.45, 7) is 11.8. The molecule has 0 saturated heterocycles. The first-order valence-corrected chi connectivity index (χ1v) is 8.33. The molecule has 0 aliphatic heterocycles. The molecule has 0 aliphatic carbocycles. The summed E-state index contributed by atoms with van der Waals surface area (Å²) in [4.78, 5) is 38.6. The zero-order chi connectivity index (χ0) is 18.3. The first kappa shape index (κ1) is 21.4. The third-order valence-corrected chi connectivity index (χ3v) is 4.70. The van der Waals surface area contributed by atoms with E-state index in [1.807, 2.05) is 41.5 Å². The van der Waals surface area contributed by atoms with Crippen LogP contribution in [0.5, 0.6) is 0 Å². The van der Waals surface area contributed by atoms with Gasteiger partial charge in [-0.15, -0.1) is 0 Å². The Morgan fingerprint density at radius 3 is 1.87 bits per heavy atom. The highest BCUT2D eigenvalue weighted by Crippen LogP contribution is 2.30. The number of hydrogen-bond acceptors (Lipinski definition) is 4. The maximum absolute atomic E-state index is 13.0. The zero-order valence-electron chi connectivity index (χ0n) is 15.6. The van der Waals surface area contributed by atoms with Crippen LogP contribution in [0.4, 0.5) is 9.59 Å². The maximum Gasteiger partial charge on any atom is 0.426 e. The first-order valence-electron chi connectivity index (χ1n) is 8.33. The standard InChI is InChI=1S/C17H32N2O4/c1-8-11-17(6,12-9-2)19(15(22)23-13-20)14(21)18(7)16(4,5)10-3/h13H,8-12H2,1-7H3. The van der Waals surface area contributed by atoms with Gasteiger partial charge in [-0.05, 0) is 40.0 Å². The fourth-order valence-corrected chi connectivity index (χ4v) is 2.70. The molecule has 6 nitrogen and oxygen atoms in total. The lowest BCUT2D eigenvalue weighted by Crippen LogP contribution is -2.60. The average Bonchev–Trinajstić information content (AvgIpc) is 2.47. The third kappa shape index (κ3) is 5.22. The Hall–Kier alpha value is -1.59. The van der Waals surface area contributed by atoms with Gasteiger partial charge >= 0.3 is 18.6 Å². The molecule has 23 heavy (non-hydrogen) atoms. The van der Waals surface area contributed by atoms with E-state index in [1.54, 1.807) is 11.9 Å². The van der Waals surface area contributed by atoms with Crippen LogP contribution in [-0.4, -0.2) is 46.5 Å². The molecule has 0 bridgehead atoms. The molecule has 134 valence electrons. The number of urea groups is 1. The van der Waals surface area contributed by atoms with Crippen molar-refractivity contribution >= 4 is 18.6 Å². The van der Waals surface area contributed by atoms with E-state index in [0.717, 1.165) is 24.2 Å². The number of carbonyl (C=O) groups excluding carboxylic acids is 3. The molecule has 0 heterocycles. The SMILES string of the molecule is CCCC(C)(CCC)N(C(=O)OC=O)C(=O)N(C)C(C)(C)CC. The van der Waals surface area contributed by atoms with Crippen molar-refractivity contribution in [3.63, 3.8) is 0 Å². The molecule has 0 radical (unpaired) electrons. The second-order valence-electron chi connectivity index (χ2n) is 6.82. The summed E-state index contributed by atoms with van der Waals surface area (Å²) in [7, 11) is 1.67. The molecule has 0 N–H and O–H groups in total. The zero-order valence-corrected chi connectivity index (χ0v) is 15.6. The van der Waals surface area contributed by atoms with E-state index in [9.17, 15) is 14.4 Å². The minimum atomic E-state index is -0.909. The van der Waals surface area contributed by atoms with Gasteiger partial charge in [0, 0.05) is 12.6 Å². The van der Waals surface area contributed by atoms with Crippen LogP contribution < -0.4 is 0 Å². The van der Waals surface area contributed by atoms with E-state index in [4.69, 9.17) is 0 Å². The summed E-state index contributed by atoms with van der Waals surface area (Å²) in [6, 6.07) is -0.437. The van der Waals surface area contributed by atoms with E-state index < -0.39 is 23.2 Å². The Labute approximate surface area is 140 Å². The lowest BCUT2D eigenvalue weighted by Gasteiger charge is -2.44. The average molecular weight is 328 g/mol. The van der Waals surface area contributed by atoms with Gasteiger partial charge in [-0.2, -0.15) is 0 Å². The second-order valence-corrected chi connectivity index (χ2v) is 6.82. The van der Waals surface area contributed by atoms with Gasteiger partial charge in [0.1, 0.15) is 0 Å². The number of imide groups is 1. The topological polar surface area (TPSA) is 66.9 Å². The molecular weight excluding hydrogens is 296 g/mol. The minimum Gasteiger partial charge on any atom is -0.378 e. The number of nitrogens with zero attached hydrogens (tertiary/aromatic N) is 2. The molecule has 6 heteroatoms. The molecular formula is C17H32N2O4. The highest BCUT2D eigenvalue weighted by Gasteiger charge is 2.43. The van der Waals surface area contributed by atoms with Gasteiger partial charge < -0.3 is 9.64 Å². The highest BCUT2D eigenvalue weighted by molar-refractivity contribution is 5.94. The predicted octanol–water partition coefficient (Wildman–Crippen LogP) is 4.18. The van der Waals surface area contributed by atoms with E-state index >= 15 is 0 Å². The van der Waals surface area contributed by atoms with Crippen LogP contribution in [-0.2, 0) is 9.53 Å². The fraction of sp³-hybridized carbons (Fsp3) is 0.824. The van der Waals surface area contributed by atoms with Gasteiger partial charge in [0.05, 0.1) is 5.54 Å². The van der Waals surface area contributed by atoms with E-state index in [-0.39, 0.29) is 6.47 Å². The van der Waals surface area contributed by atoms with Crippen molar-refractivity contribution < 1.29 is 19.1 Å². The molecule has 0 aromatic rings. The van der Waals surface area contributed by atoms with Gasteiger partial charge in [0.15, 0.2) is 0 Å². The third-order valence-electron chi connectivity index (χ3n) is 4.70. The van der Waals surface area contributed by atoms with Crippen LogP contribution >= 0.6 is 0 Å². The Kier molecular flexibility index (Phi) is 8.28. The number of carbonyl (C=O) groups is 3. The quantitative estimate of drug-likeness (QED) is 0.495. The largest absolute Gasteiger partial charge is 0.426 e. The fourth-order valence-electron chi connectivity index (χ4n) is 2.70. The van der Waals surface area contributed by atoms with Crippen LogP contribution in [0.3, 0.4) is 0 Å². The molecule has 0 rings (SSSR count). The van der Waals surface area contributed by atoms with Crippen molar-refractivity contribution in [1.29, 1.82) is 0 Å². The maximum atomic E-state index is 13.0. The van der Waals surface area contributed by atoms with Crippen LogP contribution in [0.25, 0.3) is 0 Å². The monoisotopic (exact) mass is 328 g/mol. The van der Waals surface area contributed by atoms with Gasteiger partial charge in [0.2, 0.25) is 0 Å². The normalized spacial score (nSPS) is 11.8.